The summed E-state index contributed by atoms with van der Waals surface area (Å²) in [4.78, 5) is 11.7. The highest BCUT2D eigenvalue weighted by atomic mass is 16.5. The third kappa shape index (κ3) is 1.94. The van der Waals surface area contributed by atoms with Crippen molar-refractivity contribution < 1.29 is 13.9 Å². The van der Waals surface area contributed by atoms with Crippen LogP contribution < -0.4 is 0 Å². The second-order valence-corrected chi connectivity index (χ2v) is 4.46. The van der Waals surface area contributed by atoms with Gasteiger partial charge in [0.05, 0.1) is 24.6 Å². The Bertz CT molecular complexity index is 550. The molecule has 2 aromatic heterocycles. The highest BCUT2D eigenvalue weighted by Crippen LogP contribution is 2.29. The summed E-state index contributed by atoms with van der Waals surface area (Å²) in [5.74, 6) is 0.432. The first kappa shape index (κ1) is 12.5. The third-order valence-electron chi connectivity index (χ3n) is 2.99. The Balaban J connectivity index is 2.62. The topological polar surface area (TPSA) is 44.4 Å². The molecule has 0 radical (unpaired) electrons. The molecule has 0 atom stereocenters. The van der Waals surface area contributed by atoms with E-state index in [-0.39, 0.29) is 12.0 Å². The number of carbonyl (C=O) groups excluding carboxylic acids is 1. The van der Waals surface area contributed by atoms with E-state index < -0.39 is 0 Å². The smallest absolute Gasteiger partial charge is 0.339 e. The van der Waals surface area contributed by atoms with Gasteiger partial charge in [0.25, 0.3) is 0 Å². The molecule has 2 rings (SSSR count). The Labute approximate surface area is 106 Å². The Morgan fingerprint density at radius 1 is 1.44 bits per heavy atom. The summed E-state index contributed by atoms with van der Waals surface area (Å²) in [7, 11) is 1.39. The highest BCUT2D eigenvalue weighted by Gasteiger charge is 2.21. The summed E-state index contributed by atoms with van der Waals surface area (Å²) >= 11 is 0. The Hall–Kier alpha value is -1.97. The van der Waals surface area contributed by atoms with Gasteiger partial charge in [0.15, 0.2) is 0 Å². The van der Waals surface area contributed by atoms with E-state index in [1.54, 1.807) is 6.26 Å². The quantitative estimate of drug-likeness (QED) is 0.780. The average Bonchev–Trinajstić information content (AvgIpc) is 2.94. The van der Waals surface area contributed by atoms with Gasteiger partial charge in [-0.2, -0.15) is 0 Å². The van der Waals surface area contributed by atoms with E-state index >= 15 is 0 Å². The van der Waals surface area contributed by atoms with E-state index in [0.29, 0.717) is 5.56 Å². The van der Waals surface area contributed by atoms with Crippen LogP contribution in [-0.2, 0) is 4.74 Å². The van der Waals surface area contributed by atoms with Crippen molar-refractivity contribution in [2.24, 2.45) is 0 Å². The molecule has 0 spiro atoms. The maximum atomic E-state index is 11.7. The van der Waals surface area contributed by atoms with E-state index in [0.717, 1.165) is 17.1 Å². The van der Waals surface area contributed by atoms with Crippen LogP contribution >= 0.6 is 0 Å². The minimum atomic E-state index is -0.320. The van der Waals surface area contributed by atoms with Gasteiger partial charge in [0.2, 0.25) is 0 Å². The number of furan rings is 1. The lowest BCUT2D eigenvalue weighted by Gasteiger charge is -2.14. The molecule has 0 bridgehead atoms. The molecule has 0 unspecified atom stereocenters. The standard InChI is InChI=1S/C14H17NO3/c1-9(2)15-10(3)11(14(16)17-4)8-12(15)13-6-5-7-18-13/h5-9H,1-4H3. The predicted octanol–water partition coefficient (Wildman–Crippen LogP) is 3.42. The second-order valence-electron chi connectivity index (χ2n) is 4.46. The molecular formula is C14H17NO3. The molecule has 0 saturated carbocycles. The molecule has 2 aromatic rings. The number of esters is 1. The molecule has 0 aliphatic carbocycles. The van der Waals surface area contributed by atoms with E-state index in [4.69, 9.17) is 9.15 Å². The molecule has 0 fully saturated rings. The van der Waals surface area contributed by atoms with Crippen molar-refractivity contribution in [3.63, 3.8) is 0 Å². The Morgan fingerprint density at radius 3 is 2.67 bits per heavy atom. The Morgan fingerprint density at radius 2 is 2.17 bits per heavy atom. The van der Waals surface area contributed by atoms with Gasteiger partial charge < -0.3 is 13.7 Å². The van der Waals surface area contributed by atoms with Crippen LogP contribution in [0.15, 0.2) is 28.9 Å². The Kier molecular flexibility index (Phi) is 3.28. The molecule has 4 nitrogen and oxygen atoms in total. The fourth-order valence-corrected chi connectivity index (χ4v) is 2.22. The van der Waals surface area contributed by atoms with Crippen LogP contribution in [0.5, 0.6) is 0 Å². The van der Waals surface area contributed by atoms with E-state index in [2.05, 4.69) is 18.4 Å². The summed E-state index contributed by atoms with van der Waals surface area (Å²) in [5, 5.41) is 0. The number of methoxy groups -OCH3 is 1. The van der Waals surface area contributed by atoms with Gasteiger partial charge in [-0.05, 0) is 39.0 Å². The van der Waals surface area contributed by atoms with Crippen LogP contribution in [0.3, 0.4) is 0 Å². The van der Waals surface area contributed by atoms with Gasteiger partial charge in [-0.1, -0.05) is 0 Å². The number of ether oxygens (including phenoxy) is 1. The molecule has 0 amide bonds. The van der Waals surface area contributed by atoms with E-state index in [9.17, 15) is 4.79 Å². The van der Waals surface area contributed by atoms with Gasteiger partial charge in [0.1, 0.15) is 5.76 Å². The van der Waals surface area contributed by atoms with Gasteiger partial charge in [-0.3, -0.25) is 0 Å². The van der Waals surface area contributed by atoms with Crippen LogP contribution in [0.4, 0.5) is 0 Å². The number of hydrogen-bond acceptors (Lipinski definition) is 3. The summed E-state index contributed by atoms with van der Waals surface area (Å²) in [6.45, 7) is 6.06. The molecule has 18 heavy (non-hydrogen) atoms. The predicted molar refractivity (Wildman–Crippen MR) is 68.6 cm³/mol. The van der Waals surface area contributed by atoms with Crippen LogP contribution in [0, 0.1) is 6.92 Å². The number of aromatic nitrogens is 1. The number of hydrogen-bond donors (Lipinski definition) is 0. The first-order valence-corrected chi connectivity index (χ1v) is 5.90. The molecule has 0 aliphatic heterocycles. The van der Waals surface area contributed by atoms with Gasteiger partial charge in [-0.15, -0.1) is 0 Å². The summed E-state index contributed by atoms with van der Waals surface area (Å²) < 4.78 is 12.3. The molecule has 0 saturated heterocycles. The third-order valence-corrected chi connectivity index (χ3v) is 2.99. The summed E-state index contributed by atoms with van der Waals surface area (Å²) in [5.41, 5.74) is 2.37. The second kappa shape index (κ2) is 4.72. The molecule has 2 heterocycles. The van der Waals surface area contributed by atoms with Crippen molar-refractivity contribution in [3.8, 4) is 11.5 Å². The monoisotopic (exact) mass is 247 g/mol. The zero-order valence-corrected chi connectivity index (χ0v) is 11.1. The van der Waals surface area contributed by atoms with Crippen molar-refractivity contribution in [1.29, 1.82) is 0 Å². The zero-order valence-electron chi connectivity index (χ0n) is 11.1. The first-order valence-electron chi connectivity index (χ1n) is 5.90. The first-order chi connectivity index (χ1) is 8.56. The summed E-state index contributed by atoms with van der Waals surface area (Å²) in [6, 6.07) is 5.78. The summed E-state index contributed by atoms with van der Waals surface area (Å²) in [6.07, 6.45) is 1.63. The van der Waals surface area contributed by atoms with Gasteiger partial charge in [0, 0.05) is 11.7 Å². The van der Waals surface area contributed by atoms with Crippen molar-refractivity contribution in [2.75, 3.05) is 7.11 Å². The normalized spacial score (nSPS) is 10.9. The molecule has 96 valence electrons. The lowest BCUT2D eigenvalue weighted by atomic mass is 10.2. The molecule has 4 heteroatoms. The molecular weight excluding hydrogens is 230 g/mol. The fourth-order valence-electron chi connectivity index (χ4n) is 2.22. The van der Waals surface area contributed by atoms with Crippen LogP contribution in [-0.4, -0.2) is 17.6 Å². The minimum Gasteiger partial charge on any atom is -0.465 e. The largest absolute Gasteiger partial charge is 0.465 e. The lowest BCUT2D eigenvalue weighted by Crippen LogP contribution is -2.07. The van der Waals surface area contributed by atoms with Crippen molar-refractivity contribution in [3.05, 3.63) is 35.7 Å². The number of rotatable bonds is 3. The fraction of sp³-hybridized carbons (Fsp3) is 0.357. The van der Waals surface area contributed by atoms with E-state index in [1.165, 1.54) is 7.11 Å². The highest BCUT2D eigenvalue weighted by molar-refractivity contribution is 5.92. The minimum absolute atomic E-state index is 0.239. The average molecular weight is 247 g/mol. The maximum absolute atomic E-state index is 11.7. The van der Waals surface area contributed by atoms with Gasteiger partial charge >= 0.3 is 5.97 Å². The van der Waals surface area contributed by atoms with E-state index in [1.807, 2.05) is 25.1 Å². The van der Waals surface area contributed by atoms with Crippen molar-refractivity contribution in [1.82, 2.24) is 4.57 Å². The SMILES string of the molecule is COC(=O)c1cc(-c2ccco2)n(C(C)C)c1C. The van der Waals surface area contributed by atoms with Crippen LogP contribution in [0.1, 0.15) is 35.9 Å². The van der Waals surface area contributed by atoms with Crippen molar-refractivity contribution >= 4 is 5.97 Å². The molecule has 0 aliphatic rings. The van der Waals surface area contributed by atoms with Crippen molar-refractivity contribution in [2.45, 2.75) is 26.8 Å². The van der Waals surface area contributed by atoms with Crippen LogP contribution in [0.2, 0.25) is 0 Å². The molecule has 0 N–H and O–H groups in total. The van der Waals surface area contributed by atoms with Crippen LogP contribution in [0.25, 0.3) is 11.5 Å². The van der Waals surface area contributed by atoms with Gasteiger partial charge in [-0.25, -0.2) is 4.79 Å². The zero-order chi connectivity index (χ0) is 13.3. The molecule has 0 aromatic carbocycles. The maximum Gasteiger partial charge on any atom is 0.339 e. The lowest BCUT2D eigenvalue weighted by molar-refractivity contribution is 0.0600. The number of carbonyl (C=O) groups is 1. The number of nitrogens with zero attached hydrogens (tertiary/aromatic N) is 1.